The molecule has 0 saturated carbocycles. The number of anilines is 1. The third-order valence-corrected chi connectivity index (χ3v) is 3.65. The van der Waals surface area contributed by atoms with Crippen molar-refractivity contribution in [3.05, 3.63) is 56.2 Å². The van der Waals surface area contributed by atoms with Gasteiger partial charge in [0.1, 0.15) is 0 Å². The molecule has 1 aromatic carbocycles. The van der Waals surface area contributed by atoms with Gasteiger partial charge in [-0.25, -0.2) is 0 Å². The summed E-state index contributed by atoms with van der Waals surface area (Å²) in [6, 6.07) is 7.06. The number of benzene rings is 1. The van der Waals surface area contributed by atoms with E-state index in [4.69, 9.17) is 11.6 Å². The van der Waals surface area contributed by atoms with Gasteiger partial charge >= 0.3 is 0 Å². The topological polar surface area (TPSA) is 42.0 Å². The van der Waals surface area contributed by atoms with E-state index in [1.54, 1.807) is 12.1 Å². The first-order valence-electron chi connectivity index (χ1n) is 4.94. The van der Waals surface area contributed by atoms with E-state index >= 15 is 0 Å². The fraction of sp³-hybridized carbons (Fsp3) is 0. The van der Waals surface area contributed by atoms with Gasteiger partial charge in [0.2, 0.25) is 0 Å². The maximum atomic E-state index is 12.0. The van der Waals surface area contributed by atoms with Crippen LogP contribution in [0.2, 0.25) is 5.02 Å². The number of pyridine rings is 1. The average Bonchev–Trinajstić information content (AvgIpc) is 2.33. The van der Waals surface area contributed by atoms with E-state index < -0.39 is 0 Å². The minimum Gasteiger partial charge on any atom is -0.321 e. The Balaban J connectivity index is 2.24. The van der Waals surface area contributed by atoms with Gasteiger partial charge in [-0.05, 0) is 40.2 Å². The molecule has 0 aliphatic heterocycles. The number of nitrogens with zero attached hydrogens (tertiary/aromatic N) is 1. The molecule has 2 rings (SSSR count). The van der Waals surface area contributed by atoms with E-state index in [1.165, 1.54) is 12.4 Å². The zero-order valence-corrected chi connectivity index (χ0v) is 12.9. The summed E-state index contributed by atoms with van der Waals surface area (Å²) in [6.45, 7) is 0. The zero-order valence-electron chi connectivity index (χ0n) is 8.95. The summed E-state index contributed by atoms with van der Waals surface area (Å²) in [7, 11) is 0. The van der Waals surface area contributed by atoms with E-state index in [9.17, 15) is 4.79 Å². The largest absolute Gasteiger partial charge is 0.321 e. The third kappa shape index (κ3) is 3.10. The molecule has 18 heavy (non-hydrogen) atoms. The first-order chi connectivity index (χ1) is 8.58. The number of carbonyl (C=O) groups excluding carboxylic acids is 1. The van der Waals surface area contributed by atoms with E-state index in [1.807, 2.05) is 12.1 Å². The van der Waals surface area contributed by atoms with Crippen molar-refractivity contribution in [1.82, 2.24) is 4.98 Å². The molecule has 0 spiro atoms. The van der Waals surface area contributed by atoms with Crippen molar-refractivity contribution in [3.8, 4) is 0 Å². The highest BCUT2D eigenvalue weighted by atomic mass is 79.9. The van der Waals surface area contributed by atoms with Gasteiger partial charge in [-0.3, -0.25) is 9.78 Å². The molecule has 0 radical (unpaired) electrons. The molecule has 0 aliphatic carbocycles. The van der Waals surface area contributed by atoms with Crippen LogP contribution in [0.15, 0.2) is 45.6 Å². The summed E-state index contributed by atoms with van der Waals surface area (Å²) in [6.07, 6.45) is 2.96. The van der Waals surface area contributed by atoms with Crippen LogP contribution >= 0.6 is 43.5 Å². The monoisotopic (exact) mass is 388 g/mol. The lowest BCUT2D eigenvalue weighted by molar-refractivity contribution is 0.102. The molecule has 3 nitrogen and oxygen atoms in total. The Morgan fingerprint density at radius 2 is 2.06 bits per heavy atom. The highest BCUT2D eigenvalue weighted by Gasteiger charge is 2.11. The predicted octanol–water partition coefficient (Wildman–Crippen LogP) is 4.51. The molecular weight excluding hydrogens is 383 g/mol. The number of rotatable bonds is 2. The Morgan fingerprint density at radius 3 is 2.72 bits per heavy atom. The molecule has 0 fully saturated rings. The van der Waals surface area contributed by atoms with Crippen LogP contribution in [0, 0.1) is 0 Å². The van der Waals surface area contributed by atoms with Gasteiger partial charge in [0.05, 0.1) is 16.3 Å². The first-order valence-corrected chi connectivity index (χ1v) is 6.90. The van der Waals surface area contributed by atoms with Gasteiger partial charge in [0.25, 0.3) is 5.91 Å². The van der Waals surface area contributed by atoms with Gasteiger partial charge in [0.15, 0.2) is 0 Å². The van der Waals surface area contributed by atoms with Gasteiger partial charge in [-0.15, -0.1) is 0 Å². The molecule has 0 atom stereocenters. The highest BCUT2D eigenvalue weighted by Crippen LogP contribution is 2.27. The second-order valence-corrected chi connectivity index (χ2v) is 5.61. The molecule has 1 N–H and O–H groups in total. The Labute approximate surface area is 126 Å². The summed E-state index contributed by atoms with van der Waals surface area (Å²) in [5.41, 5.74) is 1.07. The van der Waals surface area contributed by atoms with Gasteiger partial charge < -0.3 is 5.32 Å². The Bertz CT molecular complexity index is 604. The molecule has 92 valence electrons. The van der Waals surface area contributed by atoms with Crippen LogP contribution in [0.1, 0.15) is 10.4 Å². The maximum Gasteiger partial charge on any atom is 0.257 e. The normalized spacial score (nSPS) is 10.2. The van der Waals surface area contributed by atoms with Crippen molar-refractivity contribution >= 4 is 55.1 Å². The van der Waals surface area contributed by atoms with E-state index in [-0.39, 0.29) is 5.91 Å². The van der Waals surface area contributed by atoms with Crippen LogP contribution in [0.5, 0.6) is 0 Å². The number of hydrogen-bond acceptors (Lipinski definition) is 2. The lowest BCUT2D eigenvalue weighted by Gasteiger charge is -2.08. The van der Waals surface area contributed by atoms with Crippen molar-refractivity contribution < 1.29 is 4.79 Å². The van der Waals surface area contributed by atoms with Crippen molar-refractivity contribution in [3.63, 3.8) is 0 Å². The maximum absolute atomic E-state index is 12.0. The smallest absolute Gasteiger partial charge is 0.257 e. The molecule has 1 amide bonds. The summed E-state index contributed by atoms with van der Waals surface area (Å²) < 4.78 is 1.71. The molecule has 0 bridgehead atoms. The zero-order chi connectivity index (χ0) is 13.1. The molecule has 0 unspecified atom stereocenters. The summed E-state index contributed by atoms with van der Waals surface area (Å²) >= 11 is 12.6. The molecule has 1 aromatic heterocycles. The molecular formula is C12H7Br2ClN2O. The number of aromatic nitrogens is 1. The molecule has 0 saturated heterocycles. The molecule has 1 heterocycles. The van der Waals surface area contributed by atoms with Crippen molar-refractivity contribution in [1.29, 1.82) is 0 Å². The second-order valence-electron chi connectivity index (χ2n) is 3.43. The summed E-state index contributed by atoms with van der Waals surface area (Å²) in [5.74, 6) is -0.273. The summed E-state index contributed by atoms with van der Waals surface area (Å²) in [4.78, 5) is 15.9. The van der Waals surface area contributed by atoms with Crippen molar-refractivity contribution in [2.24, 2.45) is 0 Å². The van der Waals surface area contributed by atoms with Crippen LogP contribution in [0.3, 0.4) is 0 Å². The third-order valence-electron chi connectivity index (χ3n) is 2.20. The lowest BCUT2D eigenvalue weighted by atomic mass is 10.2. The number of nitrogens with one attached hydrogen (secondary N) is 1. The average molecular weight is 390 g/mol. The minimum absolute atomic E-state index is 0.273. The Kier molecular flexibility index (Phi) is 4.37. The van der Waals surface area contributed by atoms with Crippen molar-refractivity contribution in [2.75, 3.05) is 5.32 Å². The molecule has 0 aliphatic rings. The summed E-state index contributed by atoms with van der Waals surface area (Å²) in [5, 5.41) is 3.10. The Hall–Kier alpha value is -0.910. The molecule has 6 heteroatoms. The van der Waals surface area contributed by atoms with Crippen molar-refractivity contribution in [2.45, 2.75) is 0 Å². The van der Waals surface area contributed by atoms with Crippen LogP contribution < -0.4 is 5.32 Å². The lowest BCUT2D eigenvalue weighted by Crippen LogP contribution is -2.12. The SMILES string of the molecule is O=C(Nc1ccc(Br)cc1Br)c1ccncc1Cl. The van der Waals surface area contributed by atoms with Gasteiger partial charge in [-0.2, -0.15) is 0 Å². The van der Waals surface area contributed by atoms with Gasteiger partial charge in [-0.1, -0.05) is 27.5 Å². The highest BCUT2D eigenvalue weighted by molar-refractivity contribution is 9.11. The fourth-order valence-electron chi connectivity index (χ4n) is 1.34. The second kappa shape index (κ2) is 5.82. The number of hydrogen-bond donors (Lipinski definition) is 1. The Morgan fingerprint density at radius 1 is 1.28 bits per heavy atom. The van der Waals surface area contributed by atoms with Crippen LogP contribution in [-0.4, -0.2) is 10.9 Å². The molecule has 2 aromatic rings. The predicted molar refractivity (Wildman–Crippen MR) is 79.0 cm³/mol. The number of amides is 1. The van der Waals surface area contributed by atoms with E-state index in [2.05, 4.69) is 42.2 Å². The van der Waals surface area contributed by atoms with Crippen LogP contribution in [0.4, 0.5) is 5.69 Å². The standard InChI is InChI=1S/C12H7Br2ClN2O/c13-7-1-2-11(9(14)5-7)17-12(18)8-3-4-16-6-10(8)15/h1-6H,(H,17,18). The minimum atomic E-state index is -0.273. The van der Waals surface area contributed by atoms with E-state index in [0.29, 0.717) is 16.3 Å². The van der Waals surface area contributed by atoms with Crippen LogP contribution in [0.25, 0.3) is 0 Å². The van der Waals surface area contributed by atoms with E-state index in [0.717, 1.165) is 8.95 Å². The fourth-order valence-corrected chi connectivity index (χ4v) is 2.69. The quantitative estimate of drug-likeness (QED) is 0.820. The first kappa shape index (κ1) is 13.5. The van der Waals surface area contributed by atoms with Gasteiger partial charge in [0, 0.05) is 21.3 Å². The number of carbonyl (C=O) groups is 1. The number of halogens is 3. The van der Waals surface area contributed by atoms with Crippen LogP contribution in [-0.2, 0) is 0 Å².